The highest BCUT2D eigenvalue weighted by Gasteiger charge is 2.15. The van der Waals surface area contributed by atoms with Crippen LogP contribution < -0.4 is 10.2 Å². The zero-order chi connectivity index (χ0) is 15.9. The third-order valence-corrected chi connectivity index (χ3v) is 5.13. The smallest absolute Gasteiger partial charge is 0.307 e. The minimum absolute atomic E-state index is 0.0181. The molecule has 5 nitrogen and oxygen atoms in total. The van der Waals surface area contributed by atoms with Gasteiger partial charge in [0.1, 0.15) is 0 Å². The molecule has 124 valence electrons. The summed E-state index contributed by atoms with van der Waals surface area (Å²) in [4.78, 5) is 25.9. The molecule has 22 heavy (non-hydrogen) atoms. The number of thiazole rings is 1. The second-order valence-corrected chi connectivity index (χ2v) is 7.12. The summed E-state index contributed by atoms with van der Waals surface area (Å²) < 4.78 is 1.67. The Kier molecular flexibility index (Phi) is 6.64. The topological polar surface area (TPSA) is 54.3 Å². The van der Waals surface area contributed by atoms with Gasteiger partial charge in [0.05, 0.1) is 0 Å². The fourth-order valence-corrected chi connectivity index (χ4v) is 3.76. The second kappa shape index (κ2) is 8.48. The van der Waals surface area contributed by atoms with E-state index >= 15 is 0 Å². The lowest BCUT2D eigenvalue weighted by atomic mass is 10.0. The van der Waals surface area contributed by atoms with Crippen molar-refractivity contribution in [3.05, 3.63) is 20.7 Å². The van der Waals surface area contributed by atoms with Gasteiger partial charge in [0.25, 0.3) is 0 Å². The standard InChI is InChI=1S/C16H27N3O2S/c1-13-5-3-8-18(11-13)9-4-7-17-15(20)6-10-19-14(2)12-22-16(19)21/h12-13H,3-11H2,1-2H3,(H,17,20)/t13-/m1/s1. The number of likely N-dealkylation sites (tertiary alicyclic amines) is 1. The molecule has 1 aliphatic rings. The Hall–Kier alpha value is -1.14. The van der Waals surface area contributed by atoms with Gasteiger partial charge in [-0.3, -0.25) is 9.59 Å². The normalized spacial score (nSPS) is 19.3. The molecule has 1 N–H and O–H groups in total. The van der Waals surface area contributed by atoms with Crippen molar-refractivity contribution in [2.45, 2.75) is 46.1 Å². The molecule has 6 heteroatoms. The first kappa shape index (κ1) is 17.2. The summed E-state index contributed by atoms with van der Waals surface area (Å²) in [6.45, 7) is 8.85. The Bertz CT molecular complexity index is 538. The molecule has 0 radical (unpaired) electrons. The lowest BCUT2D eigenvalue weighted by Crippen LogP contribution is -2.36. The van der Waals surface area contributed by atoms with E-state index in [2.05, 4.69) is 17.1 Å². The predicted molar refractivity (Wildman–Crippen MR) is 90.4 cm³/mol. The zero-order valence-electron chi connectivity index (χ0n) is 13.6. The third-order valence-electron chi connectivity index (χ3n) is 4.25. The molecule has 2 rings (SSSR count). The molecule has 0 aliphatic carbocycles. The minimum Gasteiger partial charge on any atom is -0.356 e. The van der Waals surface area contributed by atoms with Gasteiger partial charge in [-0.25, -0.2) is 0 Å². The van der Waals surface area contributed by atoms with Gasteiger partial charge >= 0.3 is 4.87 Å². The summed E-state index contributed by atoms with van der Waals surface area (Å²) >= 11 is 1.19. The van der Waals surface area contributed by atoms with Gasteiger partial charge in [-0.15, -0.1) is 0 Å². The van der Waals surface area contributed by atoms with Crippen LogP contribution in [0.15, 0.2) is 10.2 Å². The largest absolute Gasteiger partial charge is 0.356 e. The lowest BCUT2D eigenvalue weighted by molar-refractivity contribution is -0.121. The lowest BCUT2D eigenvalue weighted by Gasteiger charge is -2.30. The van der Waals surface area contributed by atoms with Crippen LogP contribution in [0.2, 0.25) is 0 Å². The van der Waals surface area contributed by atoms with Crippen LogP contribution in [-0.2, 0) is 11.3 Å². The van der Waals surface area contributed by atoms with E-state index in [4.69, 9.17) is 0 Å². The molecule has 1 aromatic rings. The maximum atomic E-state index is 11.8. The predicted octanol–water partition coefficient (Wildman–Crippen LogP) is 1.85. The number of piperidine rings is 1. The monoisotopic (exact) mass is 325 g/mol. The maximum absolute atomic E-state index is 11.8. The van der Waals surface area contributed by atoms with Crippen molar-refractivity contribution in [3.8, 4) is 0 Å². The molecule has 0 saturated carbocycles. The molecular weight excluding hydrogens is 298 g/mol. The highest BCUT2D eigenvalue weighted by molar-refractivity contribution is 7.07. The third kappa shape index (κ3) is 5.25. The molecule has 1 aliphatic heterocycles. The SMILES string of the molecule is Cc1csc(=O)n1CCC(=O)NCCCN1CCC[C@@H](C)C1. The van der Waals surface area contributed by atoms with Crippen molar-refractivity contribution >= 4 is 17.2 Å². The highest BCUT2D eigenvalue weighted by atomic mass is 32.1. The Morgan fingerprint density at radius 1 is 1.45 bits per heavy atom. The van der Waals surface area contributed by atoms with E-state index in [1.807, 2.05) is 12.3 Å². The number of aryl methyl sites for hydroxylation is 1. The van der Waals surface area contributed by atoms with Crippen LogP contribution in [0, 0.1) is 12.8 Å². The number of carbonyl (C=O) groups is 1. The molecular formula is C16H27N3O2S. The number of hydrogen-bond donors (Lipinski definition) is 1. The fraction of sp³-hybridized carbons (Fsp3) is 0.750. The van der Waals surface area contributed by atoms with Crippen molar-refractivity contribution < 1.29 is 4.79 Å². The number of aromatic nitrogens is 1. The minimum atomic E-state index is 0.0181. The molecule has 1 fully saturated rings. The number of hydrogen-bond acceptors (Lipinski definition) is 4. The van der Waals surface area contributed by atoms with Crippen LogP contribution in [0.25, 0.3) is 0 Å². The van der Waals surface area contributed by atoms with Gasteiger partial charge in [-0.1, -0.05) is 18.3 Å². The van der Waals surface area contributed by atoms with Gasteiger partial charge in [-0.05, 0) is 45.2 Å². The van der Waals surface area contributed by atoms with E-state index in [9.17, 15) is 9.59 Å². The quantitative estimate of drug-likeness (QED) is 0.779. The Morgan fingerprint density at radius 2 is 2.27 bits per heavy atom. The summed E-state index contributed by atoms with van der Waals surface area (Å²) in [5.74, 6) is 0.833. The number of nitrogens with zero attached hydrogens (tertiary/aromatic N) is 2. The Balaban J connectivity index is 1.59. The number of nitrogens with one attached hydrogen (secondary N) is 1. The van der Waals surface area contributed by atoms with Gasteiger partial charge in [-0.2, -0.15) is 0 Å². The van der Waals surface area contributed by atoms with E-state index in [-0.39, 0.29) is 10.8 Å². The van der Waals surface area contributed by atoms with Crippen LogP contribution in [-0.4, -0.2) is 41.6 Å². The van der Waals surface area contributed by atoms with Crippen LogP contribution in [0.3, 0.4) is 0 Å². The Labute approximate surface area is 136 Å². The molecule has 2 heterocycles. The van der Waals surface area contributed by atoms with Gasteiger partial charge in [0.2, 0.25) is 5.91 Å². The van der Waals surface area contributed by atoms with Gasteiger partial charge in [0, 0.05) is 37.1 Å². The molecule has 0 bridgehead atoms. The number of rotatable bonds is 7. The van der Waals surface area contributed by atoms with E-state index in [0.717, 1.165) is 31.1 Å². The van der Waals surface area contributed by atoms with E-state index in [1.165, 1.54) is 37.3 Å². The zero-order valence-corrected chi connectivity index (χ0v) is 14.5. The number of carbonyl (C=O) groups excluding carboxylic acids is 1. The average molecular weight is 325 g/mol. The second-order valence-electron chi connectivity index (χ2n) is 6.30. The first-order valence-electron chi connectivity index (χ1n) is 8.20. The van der Waals surface area contributed by atoms with E-state index in [1.54, 1.807) is 4.57 Å². The van der Waals surface area contributed by atoms with Crippen molar-refractivity contribution in [1.29, 1.82) is 0 Å². The first-order chi connectivity index (χ1) is 10.6. The summed E-state index contributed by atoms with van der Waals surface area (Å²) in [6.07, 6.45) is 4.00. The molecule has 1 amide bonds. The molecule has 1 saturated heterocycles. The highest BCUT2D eigenvalue weighted by Crippen LogP contribution is 2.15. The summed E-state index contributed by atoms with van der Waals surface area (Å²) in [5.41, 5.74) is 0.932. The number of amides is 1. The van der Waals surface area contributed by atoms with Crippen LogP contribution in [0.1, 0.15) is 38.3 Å². The molecule has 0 aromatic carbocycles. The molecule has 0 spiro atoms. The van der Waals surface area contributed by atoms with Crippen LogP contribution in [0.4, 0.5) is 0 Å². The van der Waals surface area contributed by atoms with Crippen LogP contribution in [0.5, 0.6) is 0 Å². The summed E-state index contributed by atoms with van der Waals surface area (Å²) in [7, 11) is 0. The van der Waals surface area contributed by atoms with Crippen molar-refractivity contribution in [3.63, 3.8) is 0 Å². The van der Waals surface area contributed by atoms with E-state index in [0.29, 0.717) is 13.0 Å². The summed E-state index contributed by atoms with van der Waals surface area (Å²) in [6, 6.07) is 0. The average Bonchev–Trinajstić information content (AvgIpc) is 2.80. The van der Waals surface area contributed by atoms with Gasteiger partial charge in [0.15, 0.2) is 0 Å². The molecule has 1 atom stereocenters. The van der Waals surface area contributed by atoms with Crippen molar-refractivity contribution in [2.75, 3.05) is 26.2 Å². The fourth-order valence-electron chi connectivity index (χ4n) is 3.00. The molecule has 1 aromatic heterocycles. The Morgan fingerprint density at radius 3 is 2.95 bits per heavy atom. The van der Waals surface area contributed by atoms with Crippen LogP contribution >= 0.6 is 11.3 Å². The van der Waals surface area contributed by atoms with Crippen molar-refractivity contribution in [1.82, 2.24) is 14.8 Å². The summed E-state index contributed by atoms with van der Waals surface area (Å²) in [5, 5.41) is 4.79. The first-order valence-corrected chi connectivity index (χ1v) is 9.08. The maximum Gasteiger partial charge on any atom is 0.307 e. The van der Waals surface area contributed by atoms with Gasteiger partial charge < -0.3 is 14.8 Å². The van der Waals surface area contributed by atoms with E-state index < -0.39 is 0 Å². The van der Waals surface area contributed by atoms with Crippen molar-refractivity contribution in [2.24, 2.45) is 5.92 Å². The molecule has 0 unspecified atom stereocenters.